The van der Waals surface area contributed by atoms with E-state index in [4.69, 9.17) is 4.74 Å². The van der Waals surface area contributed by atoms with Crippen LogP contribution in [0.4, 0.5) is 0 Å². The second kappa shape index (κ2) is 19.0. The average Bonchev–Trinajstić information content (AvgIpc) is 2.59. The van der Waals surface area contributed by atoms with E-state index < -0.39 is 0 Å². The quantitative estimate of drug-likeness (QED) is 0.124. The largest absolute Gasteiger partial charge is 0.458 e. The molecule has 0 heterocycles. The van der Waals surface area contributed by atoms with Gasteiger partial charge < -0.3 is 4.74 Å². The van der Waals surface area contributed by atoms with Crippen LogP contribution < -0.4 is 0 Å². The topological polar surface area (TPSA) is 26.3 Å². The zero-order valence-corrected chi connectivity index (χ0v) is 15.0. The minimum atomic E-state index is -0.362. The normalized spacial score (nSPS) is 12.4. The van der Waals surface area contributed by atoms with Crippen molar-refractivity contribution in [3.05, 3.63) is 73.4 Å². The lowest BCUT2D eigenvalue weighted by Gasteiger charge is -1.97. The Balaban J connectivity index is 3.64. The third kappa shape index (κ3) is 18.0. The first-order valence-electron chi connectivity index (χ1n) is 8.92. The molecule has 132 valence electrons. The van der Waals surface area contributed by atoms with Gasteiger partial charge in [0.2, 0.25) is 0 Å². The summed E-state index contributed by atoms with van der Waals surface area (Å²) in [4.78, 5) is 11.1. The van der Waals surface area contributed by atoms with Crippen molar-refractivity contribution >= 4 is 5.97 Å². The molecule has 0 N–H and O–H groups in total. The Hall–Kier alpha value is -2.09. The first kappa shape index (κ1) is 21.9. The van der Waals surface area contributed by atoms with Crippen LogP contribution in [-0.2, 0) is 9.53 Å². The van der Waals surface area contributed by atoms with Crippen LogP contribution in [0, 0.1) is 0 Å². The Bertz CT molecular complexity index is 451. The third-order valence-electron chi connectivity index (χ3n) is 3.21. The van der Waals surface area contributed by atoms with Gasteiger partial charge in [-0.25, -0.2) is 4.79 Å². The second-order valence-electron chi connectivity index (χ2n) is 5.42. The molecule has 0 saturated carbocycles. The van der Waals surface area contributed by atoms with Crippen molar-refractivity contribution in [2.75, 3.05) is 6.61 Å². The van der Waals surface area contributed by atoms with Gasteiger partial charge in [0.25, 0.3) is 0 Å². The first-order valence-corrected chi connectivity index (χ1v) is 8.92. The van der Waals surface area contributed by atoms with Crippen LogP contribution >= 0.6 is 0 Å². The monoisotopic (exact) mass is 328 g/mol. The molecular formula is C22H32O2. The highest BCUT2D eigenvalue weighted by Gasteiger charge is 1.90. The van der Waals surface area contributed by atoms with Gasteiger partial charge in [-0.3, -0.25) is 0 Å². The van der Waals surface area contributed by atoms with Gasteiger partial charge in [-0.2, -0.15) is 0 Å². The number of carbonyl (C=O) groups excluding carboxylic acids is 1. The van der Waals surface area contributed by atoms with Crippen LogP contribution in [0.1, 0.15) is 51.9 Å². The molecule has 0 amide bonds. The van der Waals surface area contributed by atoms with E-state index in [0.29, 0.717) is 0 Å². The van der Waals surface area contributed by atoms with E-state index in [-0.39, 0.29) is 12.6 Å². The predicted molar refractivity (Wildman–Crippen MR) is 105 cm³/mol. The summed E-state index contributed by atoms with van der Waals surface area (Å²) < 4.78 is 4.80. The predicted octanol–water partition coefficient (Wildman–Crippen LogP) is 6.25. The molecule has 0 aromatic rings. The van der Waals surface area contributed by atoms with Crippen molar-refractivity contribution < 1.29 is 9.53 Å². The standard InChI is InChI=1S/C22H32O2/c1-3-5-6-7-8-9-10-11-12-13-14-15-16-17-18-19-20-22(23)24-21-4-2/h4,11-20H,2-3,5-10,21H2,1H3. The Kier molecular flexibility index (Phi) is 17.3. The number of ether oxygens (including phenoxy) is 1. The summed E-state index contributed by atoms with van der Waals surface area (Å²) in [7, 11) is 0. The molecule has 0 atom stereocenters. The minimum absolute atomic E-state index is 0.240. The molecule has 0 rings (SSSR count). The molecule has 0 aliphatic heterocycles. The molecule has 0 aromatic carbocycles. The molecule has 2 nitrogen and oxygen atoms in total. The summed E-state index contributed by atoms with van der Waals surface area (Å²) in [5.74, 6) is -0.362. The summed E-state index contributed by atoms with van der Waals surface area (Å²) in [6.07, 6.45) is 29.6. The Labute approximate surface area is 148 Å². The Morgan fingerprint density at radius 2 is 1.42 bits per heavy atom. The molecule has 24 heavy (non-hydrogen) atoms. The second-order valence-corrected chi connectivity index (χ2v) is 5.42. The fraction of sp³-hybridized carbons (Fsp3) is 0.409. The maximum absolute atomic E-state index is 11.1. The minimum Gasteiger partial charge on any atom is -0.458 e. The Morgan fingerprint density at radius 1 is 0.833 bits per heavy atom. The highest BCUT2D eigenvalue weighted by Crippen LogP contribution is 2.07. The van der Waals surface area contributed by atoms with Gasteiger partial charge in [-0.15, -0.1) is 0 Å². The van der Waals surface area contributed by atoms with Crippen LogP contribution in [0.2, 0.25) is 0 Å². The lowest BCUT2D eigenvalue weighted by molar-refractivity contribution is -0.136. The average molecular weight is 328 g/mol. The van der Waals surface area contributed by atoms with E-state index >= 15 is 0 Å². The van der Waals surface area contributed by atoms with Crippen LogP contribution in [0.5, 0.6) is 0 Å². The first-order chi connectivity index (χ1) is 11.8. The van der Waals surface area contributed by atoms with E-state index in [1.165, 1.54) is 44.6 Å². The van der Waals surface area contributed by atoms with Gasteiger partial charge in [0, 0.05) is 6.08 Å². The fourth-order valence-electron chi connectivity index (χ4n) is 1.93. The molecular weight excluding hydrogens is 296 g/mol. The number of carbonyl (C=O) groups is 1. The number of allylic oxidation sites excluding steroid dienone is 9. The molecule has 0 spiro atoms. The van der Waals surface area contributed by atoms with Crippen LogP contribution in [0.3, 0.4) is 0 Å². The van der Waals surface area contributed by atoms with E-state index in [9.17, 15) is 4.79 Å². The van der Waals surface area contributed by atoms with Gasteiger partial charge in [0.05, 0.1) is 0 Å². The smallest absolute Gasteiger partial charge is 0.331 e. The molecule has 0 bridgehead atoms. The molecule has 0 aliphatic carbocycles. The molecule has 0 unspecified atom stereocenters. The van der Waals surface area contributed by atoms with Gasteiger partial charge in [-0.1, -0.05) is 106 Å². The van der Waals surface area contributed by atoms with Gasteiger partial charge in [0.1, 0.15) is 6.61 Å². The van der Waals surface area contributed by atoms with Crippen molar-refractivity contribution in [1.82, 2.24) is 0 Å². The van der Waals surface area contributed by atoms with Crippen LogP contribution in [0.15, 0.2) is 73.4 Å². The lowest BCUT2D eigenvalue weighted by atomic mass is 10.1. The molecule has 0 saturated heterocycles. The summed E-state index contributed by atoms with van der Waals surface area (Å²) >= 11 is 0. The summed E-state index contributed by atoms with van der Waals surface area (Å²) in [5.41, 5.74) is 0. The van der Waals surface area contributed by atoms with E-state index in [1.54, 1.807) is 18.2 Å². The van der Waals surface area contributed by atoms with Crippen molar-refractivity contribution in [3.63, 3.8) is 0 Å². The van der Waals surface area contributed by atoms with E-state index in [1.807, 2.05) is 30.4 Å². The molecule has 0 radical (unpaired) electrons. The third-order valence-corrected chi connectivity index (χ3v) is 3.21. The van der Waals surface area contributed by atoms with Crippen molar-refractivity contribution in [2.45, 2.75) is 51.9 Å². The maximum atomic E-state index is 11.1. The maximum Gasteiger partial charge on any atom is 0.331 e. The van der Waals surface area contributed by atoms with Crippen LogP contribution in [0.25, 0.3) is 0 Å². The zero-order valence-electron chi connectivity index (χ0n) is 15.0. The number of esters is 1. The summed E-state index contributed by atoms with van der Waals surface area (Å²) in [6, 6.07) is 0. The SMILES string of the molecule is C=CCOC(=O)C=CC=CC=CC=CC=CCCCCCCCC. The van der Waals surface area contributed by atoms with Crippen molar-refractivity contribution in [3.8, 4) is 0 Å². The Morgan fingerprint density at radius 3 is 2.08 bits per heavy atom. The molecule has 2 heteroatoms. The number of unbranched alkanes of at least 4 members (excludes halogenated alkanes) is 6. The molecule has 0 aromatic heterocycles. The highest BCUT2D eigenvalue weighted by atomic mass is 16.5. The number of hydrogen-bond donors (Lipinski definition) is 0. The lowest BCUT2D eigenvalue weighted by Crippen LogP contribution is -1.99. The van der Waals surface area contributed by atoms with E-state index in [2.05, 4.69) is 25.7 Å². The van der Waals surface area contributed by atoms with Gasteiger partial charge in [0.15, 0.2) is 0 Å². The number of rotatable bonds is 14. The van der Waals surface area contributed by atoms with Crippen LogP contribution in [-0.4, -0.2) is 12.6 Å². The highest BCUT2D eigenvalue weighted by molar-refractivity contribution is 5.82. The van der Waals surface area contributed by atoms with Crippen molar-refractivity contribution in [2.24, 2.45) is 0 Å². The van der Waals surface area contributed by atoms with E-state index in [0.717, 1.165) is 6.42 Å². The number of hydrogen-bond acceptors (Lipinski definition) is 2. The van der Waals surface area contributed by atoms with Crippen molar-refractivity contribution in [1.29, 1.82) is 0 Å². The van der Waals surface area contributed by atoms with Gasteiger partial charge in [-0.05, 0) is 12.8 Å². The van der Waals surface area contributed by atoms with Gasteiger partial charge >= 0.3 is 5.97 Å². The zero-order chi connectivity index (χ0) is 17.7. The molecule has 0 aliphatic rings. The fourth-order valence-corrected chi connectivity index (χ4v) is 1.93. The summed E-state index contributed by atoms with van der Waals surface area (Å²) in [5, 5.41) is 0. The molecule has 0 fully saturated rings. The summed E-state index contributed by atoms with van der Waals surface area (Å²) in [6.45, 7) is 5.96.